The van der Waals surface area contributed by atoms with Crippen LogP contribution in [0, 0.1) is 6.92 Å². The number of hydrazine groups is 2. The molecule has 154 valence electrons. The highest BCUT2D eigenvalue weighted by atomic mass is 32.1. The lowest BCUT2D eigenvalue weighted by Crippen LogP contribution is -2.42. The van der Waals surface area contributed by atoms with Crippen molar-refractivity contribution in [3.8, 4) is 0 Å². The zero-order chi connectivity index (χ0) is 21.4. The van der Waals surface area contributed by atoms with E-state index in [1.54, 1.807) is 0 Å². The fraction of sp³-hybridized carbons (Fsp3) is 0.222. The van der Waals surface area contributed by atoms with Gasteiger partial charge in [0.15, 0.2) is 5.11 Å². The molecule has 1 aromatic carbocycles. The number of nitrogens with zero attached hydrogens (tertiary/aromatic N) is 1. The van der Waals surface area contributed by atoms with Crippen LogP contribution in [0.4, 0.5) is 10.8 Å². The summed E-state index contributed by atoms with van der Waals surface area (Å²) in [4.78, 5) is 27.5. The number of hydrogen-bond acceptors (Lipinski definition) is 7. The molecule has 1 atom stereocenters. The molecule has 29 heavy (non-hydrogen) atoms. The van der Waals surface area contributed by atoms with Gasteiger partial charge in [0.25, 0.3) is 0 Å². The van der Waals surface area contributed by atoms with Crippen LogP contribution >= 0.6 is 23.6 Å². The SMILES string of the molecule is CC(=O)NNc1nc(C)c(C(/C=C/c2ccc(NC(C)=O)cc2)NNC(N)=S)s1. The summed E-state index contributed by atoms with van der Waals surface area (Å²) in [6.45, 7) is 4.74. The van der Waals surface area contributed by atoms with Gasteiger partial charge in [-0.25, -0.2) is 10.4 Å². The molecule has 7 N–H and O–H groups in total. The van der Waals surface area contributed by atoms with Crippen LogP contribution in [-0.4, -0.2) is 21.9 Å². The maximum Gasteiger partial charge on any atom is 0.235 e. The Kier molecular flexibility index (Phi) is 8.07. The molecule has 0 aliphatic heterocycles. The van der Waals surface area contributed by atoms with E-state index in [2.05, 4.69) is 32.0 Å². The van der Waals surface area contributed by atoms with E-state index in [-0.39, 0.29) is 23.0 Å². The summed E-state index contributed by atoms with van der Waals surface area (Å²) < 4.78 is 0. The van der Waals surface area contributed by atoms with Gasteiger partial charge in [-0.3, -0.25) is 25.9 Å². The third kappa shape index (κ3) is 7.49. The molecule has 9 nitrogen and oxygen atoms in total. The lowest BCUT2D eigenvalue weighted by atomic mass is 10.1. The van der Waals surface area contributed by atoms with Crippen LogP contribution < -0.4 is 32.8 Å². The van der Waals surface area contributed by atoms with Gasteiger partial charge >= 0.3 is 0 Å². The van der Waals surface area contributed by atoms with E-state index < -0.39 is 0 Å². The van der Waals surface area contributed by atoms with Crippen molar-refractivity contribution in [2.24, 2.45) is 5.73 Å². The zero-order valence-corrected chi connectivity index (χ0v) is 17.8. The number of benzene rings is 1. The predicted octanol–water partition coefficient (Wildman–Crippen LogP) is 1.97. The molecule has 0 radical (unpaired) electrons. The number of nitrogens with one attached hydrogen (secondary N) is 5. The van der Waals surface area contributed by atoms with E-state index in [0.717, 1.165) is 21.8 Å². The van der Waals surface area contributed by atoms with E-state index >= 15 is 0 Å². The number of carbonyl (C=O) groups is 2. The second-order valence-corrected chi connectivity index (χ2v) is 7.52. The molecule has 0 saturated carbocycles. The fourth-order valence-corrected chi connectivity index (χ4v) is 3.34. The predicted molar refractivity (Wildman–Crippen MR) is 120 cm³/mol. The first-order valence-electron chi connectivity index (χ1n) is 8.61. The van der Waals surface area contributed by atoms with Gasteiger partial charge in [0.2, 0.25) is 16.9 Å². The molecular formula is C18H23N7O2S2. The topological polar surface area (TPSA) is 133 Å². The van der Waals surface area contributed by atoms with Gasteiger partial charge in [0.1, 0.15) is 0 Å². The van der Waals surface area contributed by atoms with Crippen molar-refractivity contribution in [2.75, 3.05) is 10.7 Å². The largest absolute Gasteiger partial charge is 0.375 e. The van der Waals surface area contributed by atoms with E-state index in [4.69, 9.17) is 18.0 Å². The maximum atomic E-state index is 11.1. The van der Waals surface area contributed by atoms with Crippen LogP contribution in [0.2, 0.25) is 0 Å². The minimum absolute atomic E-state index is 0.113. The van der Waals surface area contributed by atoms with Gasteiger partial charge < -0.3 is 11.1 Å². The van der Waals surface area contributed by atoms with Crippen molar-refractivity contribution in [2.45, 2.75) is 26.8 Å². The highest BCUT2D eigenvalue weighted by Gasteiger charge is 2.16. The van der Waals surface area contributed by atoms with Crippen molar-refractivity contribution in [3.63, 3.8) is 0 Å². The molecule has 1 aromatic heterocycles. The third-order valence-corrected chi connectivity index (χ3v) is 4.78. The van der Waals surface area contributed by atoms with Crippen molar-refractivity contribution in [1.82, 2.24) is 21.3 Å². The van der Waals surface area contributed by atoms with E-state index in [1.807, 2.05) is 43.3 Å². The summed E-state index contributed by atoms with van der Waals surface area (Å²) in [6.07, 6.45) is 3.86. The van der Waals surface area contributed by atoms with Crippen LogP contribution in [0.25, 0.3) is 6.08 Å². The molecule has 0 fully saturated rings. The van der Waals surface area contributed by atoms with Gasteiger partial charge in [0.05, 0.1) is 16.6 Å². The quantitative estimate of drug-likeness (QED) is 0.275. The molecule has 0 bridgehead atoms. The summed E-state index contributed by atoms with van der Waals surface area (Å²) in [6, 6.07) is 7.15. The number of thiazole rings is 1. The van der Waals surface area contributed by atoms with Crippen molar-refractivity contribution >= 4 is 57.4 Å². The average Bonchev–Trinajstić information content (AvgIpc) is 3.01. The molecule has 0 saturated heterocycles. The highest BCUT2D eigenvalue weighted by Crippen LogP contribution is 2.29. The number of hydrogen-bond donors (Lipinski definition) is 6. The number of amides is 2. The van der Waals surface area contributed by atoms with Gasteiger partial charge in [-0.05, 0) is 36.8 Å². The summed E-state index contributed by atoms with van der Waals surface area (Å²) in [5.41, 5.74) is 19.1. The standard InChI is InChI=1S/C18H23N7O2S2/c1-10-16(29-18(20-10)25-22-12(3)27)15(23-24-17(19)28)9-6-13-4-7-14(8-5-13)21-11(2)26/h4-9,15,23H,1-3H3,(H,20,25)(H,21,26)(H,22,27)(H3,19,24,28)/b9-6+. The normalized spacial score (nSPS) is 11.7. The summed E-state index contributed by atoms with van der Waals surface area (Å²) in [7, 11) is 0. The lowest BCUT2D eigenvalue weighted by Gasteiger charge is -2.15. The summed E-state index contributed by atoms with van der Waals surface area (Å²) in [5, 5.41) is 3.40. The molecule has 2 aromatic rings. The zero-order valence-electron chi connectivity index (χ0n) is 16.2. The summed E-state index contributed by atoms with van der Waals surface area (Å²) >= 11 is 6.26. The van der Waals surface area contributed by atoms with Crippen molar-refractivity contribution in [3.05, 3.63) is 46.5 Å². The molecule has 2 rings (SSSR count). The molecule has 0 aliphatic rings. The van der Waals surface area contributed by atoms with Crippen LogP contribution in [0.3, 0.4) is 0 Å². The van der Waals surface area contributed by atoms with Crippen LogP contribution in [0.5, 0.6) is 0 Å². The number of anilines is 2. The van der Waals surface area contributed by atoms with Gasteiger partial charge in [-0.2, -0.15) is 0 Å². The van der Waals surface area contributed by atoms with Crippen molar-refractivity contribution in [1.29, 1.82) is 0 Å². The fourth-order valence-electron chi connectivity index (χ4n) is 2.33. The van der Waals surface area contributed by atoms with E-state index in [0.29, 0.717) is 5.13 Å². The van der Waals surface area contributed by atoms with Crippen LogP contribution in [0.1, 0.15) is 36.0 Å². The molecule has 11 heteroatoms. The molecule has 0 spiro atoms. The number of aromatic nitrogens is 1. The first kappa shape index (κ1) is 22.3. The second kappa shape index (κ2) is 10.5. The molecule has 1 heterocycles. The van der Waals surface area contributed by atoms with Gasteiger partial charge in [0, 0.05) is 19.5 Å². The Morgan fingerprint density at radius 2 is 1.86 bits per heavy atom. The Bertz CT molecular complexity index is 909. The number of nitrogens with two attached hydrogens (primary N) is 1. The Labute approximate surface area is 178 Å². The summed E-state index contributed by atoms with van der Waals surface area (Å²) in [5.74, 6) is -0.336. The van der Waals surface area contributed by atoms with Gasteiger partial charge in [-0.1, -0.05) is 35.6 Å². The third-order valence-electron chi connectivity index (χ3n) is 3.52. The lowest BCUT2D eigenvalue weighted by molar-refractivity contribution is -0.118. The first-order valence-corrected chi connectivity index (χ1v) is 9.84. The average molecular weight is 434 g/mol. The van der Waals surface area contributed by atoms with E-state index in [1.165, 1.54) is 25.2 Å². The molecule has 2 amide bonds. The molecule has 0 aliphatic carbocycles. The van der Waals surface area contributed by atoms with Crippen molar-refractivity contribution < 1.29 is 9.59 Å². The highest BCUT2D eigenvalue weighted by molar-refractivity contribution is 7.80. The second-order valence-electron chi connectivity index (χ2n) is 6.05. The van der Waals surface area contributed by atoms with Crippen LogP contribution in [-0.2, 0) is 9.59 Å². The Morgan fingerprint density at radius 1 is 1.17 bits per heavy atom. The number of rotatable bonds is 8. The Balaban J connectivity index is 2.19. The molecular weight excluding hydrogens is 410 g/mol. The minimum atomic E-state index is -0.281. The monoisotopic (exact) mass is 433 g/mol. The number of aryl methyl sites for hydroxylation is 1. The van der Waals surface area contributed by atoms with Gasteiger partial charge in [-0.15, -0.1) is 0 Å². The smallest absolute Gasteiger partial charge is 0.235 e. The van der Waals surface area contributed by atoms with E-state index in [9.17, 15) is 9.59 Å². The van der Waals surface area contributed by atoms with Crippen LogP contribution in [0.15, 0.2) is 30.3 Å². The Hall–Kier alpha value is -3.02. The molecule has 1 unspecified atom stereocenters. The number of thiocarbonyl (C=S) groups is 1. The first-order chi connectivity index (χ1) is 13.7. The maximum absolute atomic E-state index is 11.1. The Morgan fingerprint density at radius 3 is 2.45 bits per heavy atom. The number of carbonyl (C=O) groups excluding carboxylic acids is 2. The minimum Gasteiger partial charge on any atom is -0.375 e.